The monoisotopic (exact) mass is 335 g/mol. The molecule has 0 aromatic carbocycles. The number of carboxylic acid groups (broad SMARTS) is 1. The van der Waals surface area contributed by atoms with Crippen LogP contribution in [0.4, 0.5) is 0 Å². The van der Waals surface area contributed by atoms with Gasteiger partial charge in [-0.15, -0.1) is 11.3 Å². The number of esters is 1. The number of methoxy groups -OCH3 is 1. The van der Waals surface area contributed by atoms with Crippen molar-refractivity contribution in [2.24, 2.45) is 5.92 Å². The van der Waals surface area contributed by atoms with Gasteiger partial charge in [0.2, 0.25) is 10.0 Å². The fourth-order valence-electron chi connectivity index (χ4n) is 1.70. The van der Waals surface area contributed by atoms with Crippen molar-refractivity contribution in [3.63, 3.8) is 0 Å². The van der Waals surface area contributed by atoms with E-state index in [2.05, 4.69) is 9.46 Å². The summed E-state index contributed by atoms with van der Waals surface area (Å²) in [6.45, 7) is 4.70. The number of aliphatic carboxylic acids is 1. The van der Waals surface area contributed by atoms with Crippen LogP contribution in [0.3, 0.4) is 0 Å². The number of ether oxygens (including phenoxy) is 1. The molecule has 1 unspecified atom stereocenters. The van der Waals surface area contributed by atoms with Crippen LogP contribution >= 0.6 is 11.3 Å². The summed E-state index contributed by atoms with van der Waals surface area (Å²) in [4.78, 5) is 22.5. The summed E-state index contributed by atoms with van der Waals surface area (Å²) in [5.74, 6) is -2.50. The van der Waals surface area contributed by atoms with Crippen LogP contribution in [0.5, 0.6) is 0 Å². The summed E-state index contributed by atoms with van der Waals surface area (Å²) >= 11 is 0.938. The number of rotatable bonds is 6. The number of aryl methyl sites for hydroxylation is 1. The van der Waals surface area contributed by atoms with Gasteiger partial charge in [-0.2, -0.15) is 4.72 Å². The Morgan fingerprint density at radius 2 is 1.95 bits per heavy atom. The molecule has 118 valence electrons. The van der Waals surface area contributed by atoms with E-state index < -0.39 is 33.9 Å². The first kappa shape index (κ1) is 17.6. The van der Waals surface area contributed by atoms with Gasteiger partial charge in [-0.3, -0.25) is 4.79 Å². The van der Waals surface area contributed by atoms with Gasteiger partial charge in [-0.05, 0) is 23.8 Å². The van der Waals surface area contributed by atoms with Gasteiger partial charge in [0.15, 0.2) is 0 Å². The van der Waals surface area contributed by atoms with Crippen molar-refractivity contribution in [1.29, 1.82) is 0 Å². The Morgan fingerprint density at radius 1 is 1.38 bits per heavy atom. The molecule has 21 heavy (non-hydrogen) atoms. The van der Waals surface area contributed by atoms with Gasteiger partial charge in [0.25, 0.3) is 0 Å². The lowest BCUT2D eigenvalue weighted by Crippen LogP contribution is -2.44. The number of carboxylic acids is 1. The van der Waals surface area contributed by atoms with Crippen molar-refractivity contribution in [1.82, 2.24) is 4.72 Å². The molecule has 0 saturated carbocycles. The molecule has 0 amide bonds. The predicted molar refractivity (Wildman–Crippen MR) is 77.0 cm³/mol. The highest BCUT2D eigenvalue weighted by atomic mass is 32.2. The predicted octanol–water partition coefficient (Wildman–Crippen LogP) is 1.23. The smallest absolute Gasteiger partial charge is 0.349 e. The second-order valence-electron chi connectivity index (χ2n) is 4.75. The largest absolute Gasteiger partial charge is 0.480 e. The Kier molecular flexibility index (Phi) is 5.48. The summed E-state index contributed by atoms with van der Waals surface area (Å²) in [6, 6.07) is -1.28. The highest BCUT2D eigenvalue weighted by Crippen LogP contribution is 2.28. The van der Waals surface area contributed by atoms with Crippen molar-refractivity contribution in [2.45, 2.75) is 31.7 Å². The third kappa shape index (κ3) is 3.80. The number of hydrogen-bond donors (Lipinski definition) is 2. The molecule has 1 aromatic rings. The second kappa shape index (κ2) is 6.54. The van der Waals surface area contributed by atoms with Crippen LogP contribution in [0.1, 0.15) is 29.1 Å². The van der Waals surface area contributed by atoms with E-state index in [0.717, 1.165) is 18.4 Å². The highest BCUT2D eigenvalue weighted by molar-refractivity contribution is 7.89. The fourth-order valence-corrected chi connectivity index (χ4v) is 4.74. The minimum Gasteiger partial charge on any atom is -0.480 e. The molecule has 0 saturated heterocycles. The number of nitrogens with one attached hydrogen (secondary N) is 1. The van der Waals surface area contributed by atoms with E-state index in [1.54, 1.807) is 13.8 Å². The average Bonchev–Trinajstić information content (AvgIpc) is 2.77. The molecule has 2 N–H and O–H groups in total. The topological polar surface area (TPSA) is 110 Å². The van der Waals surface area contributed by atoms with Crippen LogP contribution in [0.25, 0.3) is 0 Å². The Labute approximate surface area is 127 Å². The lowest BCUT2D eigenvalue weighted by Gasteiger charge is -2.18. The molecule has 9 heteroatoms. The van der Waals surface area contributed by atoms with Crippen LogP contribution in [0.15, 0.2) is 10.3 Å². The lowest BCUT2D eigenvalue weighted by molar-refractivity contribution is -0.140. The van der Waals surface area contributed by atoms with Crippen LogP contribution in [-0.2, 0) is 19.6 Å². The number of carbonyl (C=O) groups excluding carboxylic acids is 1. The van der Waals surface area contributed by atoms with E-state index in [0.29, 0.717) is 5.56 Å². The van der Waals surface area contributed by atoms with Crippen molar-refractivity contribution in [3.05, 3.63) is 15.8 Å². The maximum absolute atomic E-state index is 12.4. The van der Waals surface area contributed by atoms with E-state index in [1.165, 1.54) is 12.3 Å². The normalized spacial score (nSPS) is 13.2. The molecule has 0 bridgehead atoms. The third-order valence-corrected chi connectivity index (χ3v) is 5.61. The summed E-state index contributed by atoms with van der Waals surface area (Å²) in [6.07, 6.45) is 0. The SMILES string of the molecule is COC(=O)c1scc(C)c1S(=O)(=O)NC(C(=O)O)C(C)C. The van der Waals surface area contributed by atoms with Crippen LogP contribution in [0, 0.1) is 12.8 Å². The zero-order valence-corrected chi connectivity index (χ0v) is 13.7. The Balaban J connectivity index is 3.29. The van der Waals surface area contributed by atoms with E-state index >= 15 is 0 Å². The molecule has 0 radical (unpaired) electrons. The Bertz CT molecular complexity index is 647. The Morgan fingerprint density at radius 3 is 2.38 bits per heavy atom. The lowest BCUT2D eigenvalue weighted by atomic mass is 10.1. The second-order valence-corrected chi connectivity index (χ2v) is 7.28. The molecular weight excluding hydrogens is 318 g/mol. The van der Waals surface area contributed by atoms with Crippen LogP contribution in [-0.4, -0.2) is 38.6 Å². The van der Waals surface area contributed by atoms with E-state index in [9.17, 15) is 18.0 Å². The number of carbonyl (C=O) groups is 2. The summed E-state index contributed by atoms with van der Waals surface area (Å²) < 4.78 is 31.5. The number of sulfonamides is 1. The molecule has 1 heterocycles. The maximum Gasteiger partial charge on any atom is 0.349 e. The minimum atomic E-state index is -4.14. The zero-order chi connectivity index (χ0) is 16.4. The summed E-state index contributed by atoms with van der Waals surface area (Å²) in [5, 5.41) is 10.6. The van der Waals surface area contributed by atoms with Gasteiger partial charge < -0.3 is 9.84 Å². The Hall–Kier alpha value is -1.45. The van der Waals surface area contributed by atoms with E-state index in [4.69, 9.17) is 5.11 Å². The zero-order valence-electron chi connectivity index (χ0n) is 12.0. The van der Waals surface area contributed by atoms with Crippen molar-refractivity contribution in [3.8, 4) is 0 Å². The number of hydrogen-bond acceptors (Lipinski definition) is 6. The standard InChI is InChI=1S/C12H17NO6S2/c1-6(2)8(11(14)15)13-21(17,18)10-7(3)5-20-9(10)12(16)19-4/h5-6,8,13H,1-4H3,(H,14,15). The molecule has 0 aliphatic rings. The maximum atomic E-state index is 12.4. The number of thiophene rings is 1. The quantitative estimate of drug-likeness (QED) is 0.757. The first-order chi connectivity index (χ1) is 9.61. The van der Waals surface area contributed by atoms with Gasteiger partial charge in [0, 0.05) is 0 Å². The first-order valence-electron chi connectivity index (χ1n) is 6.03. The molecule has 0 aliphatic heterocycles. The molecule has 0 aliphatic carbocycles. The van der Waals surface area contributed by atoms with Crippen molar-refractivity contribution < 1.29 is 27.9 Å². The molecule has 1 aromatic heterocycles. The van der Waals surface area contributed by atoms with E-state index in [-0.39, 0.29) is 9.77 Å². The van der Waals surface area contributed by atoms with Crippen LogP contribution < -0.4 is 4.72 Å². The summed E-state index contributed by atoms with van der Waals surface area (Å²) in [7, 11) is -3.00. The fraction of sp³-hybridized carbons (Fsp3) is 0.500. The van der Waals surface area contributed by atoms with Crippen LogP contribution in [0.2, 0.25) is 0 Å². The average molecular weight is 335 g/mol. The van der Waals surface area contributed by atoms with Gasteiger partial charge in [-0.25, -0.2) is 13.2 Å². The van der Waals surface area contributed by atoms with E-state index in [1.807, 2.05) is 0 Å². The van der Waals surface area contributed by atoms with Gasteiger partial charge in [0.05, 0.1) is 7.11 Å². The molecule has 7 nitrogen and oxygen atoms in total. The highest BCUT2D eigenvalue weighted by Gasteiger charge is 2.33. The molecule has 1 atom stereocenters. The molecule has 0 spiro atoms. The molecular formula is C12H17NO6S2. The molecule has 0 fully saturated rings. The van der Waals surface area contributed by atoms with Crippen molar-refractivity contribution >= 4 is 33.3 Å². The van der Waals surface area contributed by atoms with Crippen molar-refractivity contribution in [2.75, 3.05) is 7.11 Å². The van der Waals surface area contributed by atoms with Gasteiger partial charge in [-0.1, -0.05) is 13.8 Å². The van der Waals surface area contributed by atoms with Gasteiger partial charge in [0.1, 0.15) is 15.8 Å². The first-order valence-corrected chi connectivity index (χ1v) is 8.39. The van der Waals surface area contributed by atoms with Gasteiger partial charge >= 0.3 is 11.9 Å². The summed E-state index contributed by atoms with van der Waals surface area (Å²) in [5.41, 5.74) is 0.362. The minimum absolute atomic E-state index is 0.0737. The third-order valence-electron chi connectivity index (χ3n) is 2.77. The molecule has 1 rings (SSSR count).